The summed E-state index contributed by atoms with van der Waals surface area (Å²) >= 11 is 1.60. The number of ketones is 1. The van der Waals surface area contributed by atoms with Crippen LogP contribution < -0.4 is 0 Å². The number of unbranched alkanes of at least 4 members (excludes halogenated alkanes) is 2. The van der Waals surface area contributed by atoms with Crippen molar-refractivity contribution in [2.75, 3.05) is 0 Å². The molecule has 0 radical (unpaired) electrons. The van der Waals surface area contributed by atoms with Crippen molar-refractivity contribution < 1.29 is 4.79 Å². The number of H-pyrrole nitrogens is 1. The Balaban J connectivity index is 1.35. The van der Waals surface area contributed by atoms with Crippen molar-refractivity contribution >= 4 is 17.1 Å². The van der Waals surface area contributed by atoms with Crippen molar-refractivity contribution in [2.24, 2.45) is 0 Å². The third kappa shape index (κ3) is 4.86. The van der Waals surface area contributed by atoms with E-state index in [2.05, 4.69) is 39.4 Å². The van der Waals surface area contributed by atoms with Gasteiger partial charge in [0.1, 0.15) is 11.6 Å². The highest BCUT2D eigenvalue weighted by molar-refractivity contribution is 7.13. The van der Waals surface area contributed by atoms with Gasteiger partial charge in [0, 0.05) is 6.42 Å². The number of carbonyl (C=O) groups is 1. The van der Waals surface area contributed by atoms with E-state index < -0.39 is 0 Å². The van der Waals surface area contributed by atoms with Crippen molar-refractivity contribution in [3.63, 3.8) is 0 Å². The Bertz CT molecular complexity index is 750. The molecule has 0 aliphatic rings. The minimum Gasteiger partial charge on any atom is -0.299 e. The molecule has 24 heavy (non-hydrogen) atoms. The topological polar surface area (TPSA) is 58.6 Å². The lowest BCUT2D eigenvalue weighted by atomic mass is 10.0. The zero-order valence-corrected chi connectivity index (χ0v) is 14.4. The molecule has 0 fully saturated rings. The van der Waals surface area contributed by atoms with Crippen LogP contribution in [0.5, 0.6) is 0 Å². The summed E-state index contributed by atoms with van der Waals surface area (Å²) in [5.74, 6) is 1.56. The molecular formula is C19H21N3OS. The molecule has 0 amide bonds. The van der Waals surface area contributed by atoms with Crippen LogP contribution in [-0.4, -0.2) is 21.0 Å². The molecule has 1 N–H and O–H groups in total. The van der Waals surface area contributed by atoms with E-state index in [-0.39, 0.29) is 5.78 Å². The quantitative estimate of drug-likeness (QED) is 0.586. The van der Waals surface area contributed by atoms with E-state index in [4.69, 9.17) is 0 Å². The molecule has 3 aromatic rings. The number of aryl methyl sites for hydroxylation is 1. The van der Waals surface area contributed by atoms with Gasteiger partial charge in [-0.05, 0) is 36.3 Å². The number of hydrogen-bond acceptors (Lipinski definition) is 4. The summed E-state index contributed by atoms with van der Waals surface area (Å²) in [6.07, 6.45) is 5.19. The molecule has 0 aliphatic carbocycles. The van der Waals surface area contributed by atoms with Gasteiger partial charge in [0.05, 0.1) is 11.3 Å². The van der Waals surface area contributed by atoms with E-state index in [0.29, 0.717) is 24.5 Å². The molecule has 1 aromatic carbocycles. The molecule has 3 rings (SSSR count). The molecule has 4 nitrogen and oxygen atoms in total. The monoisotopic (exact) mass is 339 g/mol. The third-order valence-corrected chi connectivity index (χ3v) is 4.77. The molecule has 0 saturated carbocycles. The van der Waals surface area contributed by atoms with Gasteiger partial charge in [0.25, 0.3) is 0 Å². The number of nitrogens with zero attached hydrogens (tertiary/aromatic N) is 2. The van der Waals surface area contributed by atoms with E-state index in [9.17, 15) is 4.79 Å². The Morgan fingerprint density at radius 2 is 1.92 bits per heavy atom. The Kier molecular flexibility index (Phi) is 5.90. The maximum Gasteiger partial charge on any atom is 0.191 e. The van der Waals surface area contributed by atoms with Crippen molar-refractivity contribution in [3.8, 4) is 10.7 Å². The SMILES string of the molecule is O=C(CCCCCc1ccccc1)Cc1nc(-c2cccs2)n[nH]1. The van der Waals surface area contributed by atoms with Crippen molar-refractivity contribution in [1.29, 1.82) is 0 Å². The molecule has 0 spiro atoms. The number of rotatable bonds is 9. The molecule has 0 aliphatic heterocycles. The molecule has 0 saturated heterocycles. The Labute approximate surface area is 146 Å². The maximum absolute atomic E-state index is 12.1. The molecule has 124 valence electrons. The fraction of sp³-hybridized carbons (Fsp3) is 0.316. The number of aromatic nitrogens is 3. The van der Waals surface area contributed by atoms with Gasteiger partial charge in [-0.2, -0.15) is 5.10 Å². The van der Waals surface area contributed by atoms with Crippen LogP contribution in [0.3, 0.4) is 0 Å². The largest absolute Gasteiger partial charge is 0.299 e. The minimum atomic E-state index is 0.226. The minimum absolute atomic E-state index is 0.226. The van der Waals surface area contributed by atoms with Crippen LogP contribution in [0, 0.1) is 0 Å². The first-order valence-corrected chi connectivity index (χ1v) is 9.20. The summed E-state index contributed by atoms with van der Waals surface area (Å²) in [4.78, 5) is 17.5. The van der Waals surface area contributed by atoms with Crippen LogP contribution in [0.1, 0.15) is 37.1 Å². The first-order valence-electron chi connectivity index (χ1n) is 8.32. The summed E-state index contributed by atoms with van der Waals surface area (Å²) in [5, 5.41) is 9.04. The molecule has 0 bridgehead atoms. The normalized spacial score (nSPS) is 10.8. The van der Waals surface area contributed by atoms with Crippen LogP contribution >= 0.6 is 11.3 Å². The van der Waals surface area contributed by atoms with E-state index in [1.165, 1.54) is 5.56 Å². The fourth-order valence-corrected chi connectivity index (χ4v) is 3.30. The van der Waals surface area contributed by atoms with E-state index >= 15 is 0 Å². The maximum atomic E-state index is 12.1. The molecule has 0 unspecified atom stereocenters. The van der Waals surface area contributed by atoms with Gasteiger partial charge in [0.2, 0.25) is 0 Å². The first kappa shape index (κ1) is 16.6. The smallest absolute Gasteiger partial charge is 0.191 e. The van der Waals surface area contributed by atoms with E-state index in [0.717, 1.165) is 30.6 Å². The van der Waals surface area contributed by atoms with Gasteiger partial charge in [-0.3, -0.25) is 9.89 Å². The molecule has 2 aromatic heterocycles. The highest BCUT2D eigenvalue weighted by Gasteiger charge is 2.10. The van der Waals surface area contributed by atoms with Crippen LogP contribution in [0.4, 0.5) is 0 Å². The average Bonchev–Trinajstić information content (AvgIpc) is 3.27. The van der Waals surface area contributed by atoms with Crippen LogP contribution in [-0.2, 0) is 17.6 Å². The predicted octanol–water partition coefficient (Wildman–Crippen LogP) is 4.45. The van der Waals surface area contributed by atoms with Crippen molar-refractivity contribution in [3.05, 3.63) is 59.2 Å². The molecular weight excluding hydrogens is 318 g/mol. The number of Topliss-reactive ketones (excluding diaryl/α,β-unsaturated/α-hetero) is 1. The second-order valence-corrected chi connectivity index (χ2v) is 6.79. The van der Waals surface area contributed by atoms with Crippen molar-refractivity contribution in [2.45, 2.75) is 38.5 Å². The van der Waals surface area contributed by atoms with Crippen LogP contribution in [0.15, 0.2) is 47.8 Å². The lowest BCUT2D eigenvalue weighted by Gasteiger charge is -2.01. The zero-order valence-electron chi connectivity index (χ0n) is 13.6. The highest BCUT2D eigenvalue weighted by Crippen LogP contribution is 2.20. The zero-order chi connectivity index (χ0) is 16.6. The third-order valence-electron chi connectivity index (χ3n) is 3.90. The van der Waals surface area contributed by atoms with Crippen molar-refractivity contribution in [1.82, 2.24) is 15.2 Å². The van der Waals surface area contributed by atoms with Gasteiger partial charge in [-0.15, -0.1) is 11.3 Å². The number of aromatic amines is 1. The summed E-state index contributed by atoms with van der Waals surface area (Å²) in [5.41, 5.74) is 1.37. The lowest BCUT2D eigenvalue weighted by Crippen LogP contribution is -2.04. The second-order valence-electron chi connectivity index (χ2n) is 5.84. The molecule has 2 heterocycles. The molecule has 5 heteroatoms. The van der Waals surface area contributed by atoms with E-state index in [1.807, 2.05) is 23.6 Å². The Hall–Kier alpha value is -2.27. The average molecular weight is 339 g/mol. The number of hydrogen-bond donors (Lipinski definition) is 1. The number of nitrogens with one attached hydrogen (secondary N) is 1. The molecule has 0 atom stereocenters. The van der Waals surface area contributed by atoms with Gasteiger partial charge < -0.3 is 0 Å². The fourth-order valence-electron chi connectivity index (χ4n) is 2.64. The summed E-state index contributed by atoms with van der Waals surface area (Å²) in [6, 6.07) is 14.4. The Morgan fingerprint density at radius 3 is 2.71 bits per heavy atom. The van der Waals surface area contributed by atoms with Crippen LogP contribution in [0.25, 0.3) is 10.7 Å². The summed E-state index contributed by atoms with van der Waals surface area (Å²) in [6.45, 7) is 0. The van der Waals surface area contributed by atoms with Gasteiger partial charge in [-0.1, -0.05) is 42.8 Å². The summed E-state index contributed by atoms with van der Waals surface area (Å²) < 4.78 is 0. The van der Waals surface area contributed by atoms with Crippen LogP contribution in [0.2, 0.25) is 0 Å². The van der Waals surface area contributed by atoms with E-state index in [1.54, 1.807) is 11.3 Å². The predicted molar refractivity (Wildman–Crippen MR) is 97.0 cm³/mol. The second kappa shape index (κ2) is 8.55. The Morgan fingerprint density at radius 1 is 1.04 bits per heavy atom. The highest BCUT2D eigenvalue weighted by atomic mass is 32.1. The number of benzene rings is 1. The summed E-state index contributed by atoms with van der Waals surface area (Å²) in [7, 11) is 0. The number of thiophene rings is 1. The first-order chi connectivity index (χ1) is 11.8. The van der Waals surface area contributed by atoms with Gasteiger partial charge in [0.15, 0.2) is 5.82 Å². The standard InChI is InChI=1S/C19H21N3OS/c23-16(11-6-2-5-10-15-8-3-1-4-9-15)14-18-20-19(22-21-18)17-12-7-13-24-17/h1,3-4,7-9,12-13H,2,5-6,10-11,14H2,(H,20,21,22). The van der Waals surface area contributed by atoms with Gasteiger partial charge >= 0.3 is 0 Å². The number of carbonyl (C=O) groups excluding carboxylic acids is 1. The lowest BCUT2D eigenvalue weighted by molar-refractivity contribution is -0.118. The van der Waals surface area contributed by atoms with Gasteiger partial charge in [-0.25, -0.2) is 4.98 Å².